The number of unbranched alkanes of at least 4 members (excludes halogenated alkanes) is 1. The Morgan fingerprint density at radius 2 is 2.19 bits per heavy atom. The van der Waals surface area contributed by atoms with Crippen LogP contribution < -0.4 is 5.32 Å². The number of carbonyl (C=O) groups is 1. The number of imidazole rings is 1. The summed E-state index contributed by atoms with van der Waals surface area (Å²) in [6.07, 6.45) is 5.32. The average Bonchev–Trinajstić information content (AvgIpc) is 3.10. The number of aryl methyl sites for hydroxylation is 1. The molecule has 0 saturated carbocycles. The first-order valence-electron chi connectivity index (χ1n) is 9.44. The number of β-amino-alcohol motifs (C(OH)–C–C–N with tert-alkyl or cyclic N) is 1. The highest BCUT2D eigenvalue weighted by Crippen LogP contribution is 2.15. The highest BCUT2D eigenvalue weighted by atomic mass is 16.3. The van der Waals surface area contributed by atoms with Gasteiger partial charge in [-0.25, -0.2) is 4.98 Å². The molecule has 1 saturated heterocycles. The summed E-state index contributed by atoms with van der Waals surface area (Å²) in [5.74, 6) is 0.907. The Morgan fingerprint density at radius 1 is 1.38 bits per heavy atom. The van der Waals surface area contributed by atoms with Crippen molar-refractivity contribution in [3.05, 3.63) is 53.6 Å². The van der Waals surface area contributed by atoms with E-state index in [2.05, 4.69) is 27.1 Å². The molecular weight excluding hydrogens is 328 g/mol. The zero-order chi connectivity index (χ0) is 18.4. The molecule has 0 radical (unpaired) electrons. The molecule has 2 heterocycles. The van der Waals surface area contributed by atoms with E-state index in [0.29, 0.717) is 12.1 Å². The van der Waals surface area contributed by atoms with E-state index in [-0.39, 0.29) is 11.9 Å². The standard InChI is InChI=1S/C20H28N4O2/c1-2-3-9-19-21-12-16(22-19)13-24-11-10-17(18(25)14-24)23-20(26)15-7-5-4-6-8-15/h4-8,12,17-18,25H,2-3,9-11,13-14H2,1H3,(H,21,22)(H,23,26)/t17-,18-/m1/s1. The number of aliphatic hydroxyl groups is 1. The lowest BCUT2D eigenvalue weighted by Gasteiger charge is -2.36. The molecule has 3 rings (SSSR count). The van der Waals surface area contributed by atoms with Crippen molar-refractivity contribution >= 4 is 5.91 Å². The van der Waals surface area contributed by atoms with Crippen LogP contribution >= 0.6 is 0 Å². The molecule has 1 aliphatic rings. The predicted molar refractivity (Wildman–Crippen MR) is 101 cm³/mol. The summed E-state index contributed by atoms with van der Waals surface area (Å²) in [6.45, 7) is 4.30. The summed E-state index contributed by atoms with van der Waals surface area (Å²) in [5, 5.41) is 13.4. The van der Waals surface area contributed by atoms with Gasteiger partial charge < -0.3 is 15.4 Å². The van der Waals surface area contributed by atoms with Gasteiger partial charge in [0.1, 0.15) is 5.82 Å². The van der Waals surface area contributed by atoms with Crippen LogP contribution in [0.5, 0.6) is 0 Å². The third-order valence-corrected chi connectivity index (χ3v) is 4.86. The number of nitrogens with one attached hydrogen (secondary N) is 2. The number of H-pyrrole nitrogens is 1. The predicted octanol–water partition coefficient (Wildman–Crippen LogP) is 2.12. The van der Waals surface area contributed by atoms with Gasteiger partial charge >= 0.3 is 0 Å². The van der Waals surface area contributed by atoms with E-state index in [1.807, 2.05) is 24.4 Å². The molecule has 0 bridgehead atoms. The van der Waals surface area contributed by atoms with E-state index in [9.17, 15) is 9.90 Å². The minimum atomic E-state index is -0.570. The topological polar surface area (TPSA) is 81.2 Å². The molecule has 2 aromatic rings. The molecule has 0 unspecified atom stereocenters. The van der Waals surface area contributed by atoms with E-state index in [4.69, 9.17) is 0 Å². The highest BCUT2D eigenvalue weighted by Gasteiger charge is 2.29. The molecule has 1 amide bonds. The molecule has 2 atom stereocenters. The van der Waals surface area contributed by atoms with E-state index in [1.54, 1.807) is 12.1 Å². The maximum atomic E-state index is 12.3. The second-order valence-corrected chi connectivity index (χ2v) is 7.00. The van der Waals surface area contributed by atoms with Crippen molar-refractivity contribution in [3.63, 3.8) is 0 Å². The molecule has 3 N–H and O–H groups in total. The zero-order valence-electron chi connectivity index (χ0n) is 15.3. The second kappa shape index (κ2) is 8.96. The number of aliphatic hydroxyl groups excluding tert-OH is 1. The van der Waals surface area contributed by atoms with Crippen LogP contribution in [-0.2, 0) is 13.0 Å². The number of carbonyl (C=O) groups excluding carboxylic acids is 1. The fourth-order valence-electron chi connectivity index (χ4n) is 3.35. The minimum absolute atomic E-state index is 0.128. The van der Waals surface area contributed by atoms with Gasteiger partial charge in [-0.3, -0.25) is 9.69 Å². The molecule has 140 valence electrons. The van der Waals surface area contributed by atoms with Crippen LogP contribution in [0.15, 0.2) is 36.5 Å². The number of benzene rings is 1. The summed E-state index contributed by atoms with van der Waals surface area (Å²) >= 11 is 0. The van der Waals surface area contributed by atoms with Crippen LogP contribution in [0.1, 0.15) is 48.1 Å². The smallest absolute Gasteiger partial charge is 0.251 e. The Hall–Kier alpha value is -2.18. The SMILES string of the molecule is CCCCc1ncc(CN2CC[C@@H](NC(=O)c3ccccc3)[C@H](O)C2)[nH]1. The van der Waals surface area contributed by atoms with Gasteiger partial charge in [0.05, 0.1) is 12.1 Å². The van der Waals surface area contributed by atoms with E-state index < -0.39 is 6.10 Å². The number of hydrogen-bond donors (Lipinski definition) is 3. The fourth-order valence-corrected chi connectivity index (χ4v) is 3.35. The van der Waals surface area contributed by atoms with Crippen LogP contribution in [-0.4, -0.2) is 51.1 Å². The second-order valence-electron chi connectivity index (χ2n) is 7.00. The van der Waals surface area contributed by atoms with Gasteiger partial charge in [0.25, 0.3) is 5.91 Å². The van der Waals surface area contributed by atoms with Gasteiger partial charge in [-0.2, -0.15) is 0 Å². The lowest BCUT2D eigenvalue weighted by Crippen LogP contribution is -2.53. The molecule has 1 aromatic heterocycles. The van der Waals surface area contributed by atoms with Gasteiger partial charge in [-0.1, -0.05) is 31.5 Å². The quantitative estimate of drug-likeness (QED) is 0.710. The summed E-state index contributed by atoms with van der Waals surface area (Å²) < 4.78 is 0. The Balaban J connectivity index is 1.49. The highest BCUT2D eigenvalue weighted by molar-refractivity contribution is 5.94. The molecule has 1 aliphatic heterocycles. The van der Waals surface area contributed by atoms with Crippen molar-refractivity contribution in [2.75, 3.05) is 13.1 Å². The molecule has 6 nitrogen and oxygen atoms in total. The number of amides is 1. The fraction of sp³-hybridized carbons (Fsp3) is 0.500. The molecule has 1 aromatic carbocycles. The Morgan fingerprint density at radius 3 is 2.92 bits per heavy atom. The Kier molecular flexibility index (Phi) is 6.41. The van der Waals surface area contributed by atoms with Gasteiger partial charge in [-0.05, 0) is 25.0 Å². The molecule has 1 fully saturated rings. The van der Waals surface area contributed by atoms with Crippen LogP contribution in [0.25, 0.3) is 0 Å². The minimum Gasteiger partial charge on any atom is -0.390 e. The Bertz CT molecular complexity index is 701. The number of likely N-dealkylation sites (tertiary alicyclic amines) is 1. The van der Waals surface area contributed by atoms with E-state index >= 15 is 0 Å². The molecule has 0 spiro atoms. The number of rotatable bonds is 7. The Labute approximate surface area is 154 Å². The maximum absolute atomic E-state index is 12.3. The number of piperidine rings is 1. The van der Waals surface area contributed by atoms with Gasteiger partial charge in [0, 0.05) is 43.5 Å². The first kappa shape index (κ1) is 18.6. The normalized spacial score (nSPS) is 20.8. The lowest BCUT2D eigenvalue weighted by molar-refractivity contribution is 0.0345. The van der Waals surface area contributed by atoms with Crippen LogP contribution in [0.4, 0.5) is 0 Å². The van der Waals surface area contributed by atoms with E-state index in [0.717, 1.165) is 50.3 Å². The average molecular weight is 356 g/mol. The van der Waals surface area contributed by atoms with Crippen molar-refractivity contribution in [2.45, 2.75) is 51.3 Å². The lowest BCUT2D eigenvalue weighted by atomic mass is 10.0. The molecule has 0 aliphatic carbocycles. The molecular formula is C20H28N4O2. The van der Waals surface area contributed by atoms with Crippen molar-refractivity contribution in [2.24, 2.45) is 0 Å². The number of nitrogens with zero attached hydrogens (tertiary/aromatic N) is 2. The van der Waals surface area contributed by atoms with E-state index in [1.165, 1.54) is 0 Å². The van der Waals surface area contributed by atoms with Gasteiger partial charge in [-0.15, -0.1) is 0 Å². The first-order valence-corrected chi connectivity index (χ1v) is 9.44. The number of aromatic amines is 1. The van der Waals surface area contributed by atoms with Crippen LogP contribution in [0.3, 0.4) is 0 Å². The van der Waals surface area contributed by atoms with Crippen molar-refractivity contribution < 1.29 is 9.90 Å². The van der Waals surface area contributed by atoms with Crippen molar-refractivity contribution in [3.8, 4) is 0 Å². The largest absolute Gasteiger partial charge is 0.390 e. The third kappa shape index (κ3) is 4.93. The van der Waals surface area contributed by atoms with Crippen molar-refractivity contribution in [1.29, 1.82) is 0 Å². The van der Waals surface area contributed by atoms with Gasteiger partial charge in [0.2, 0.25) is 0 Å². The summed E-state index contributed by atoms with van der Waals surface area (Å²) in [6, 6.07) is 8.92. The molecule has 26 heavy (non-hydrogen) atoms. The van der Waals surface area contributed by atoms with Crippen molar-refractivity contribution in [1.82, 2.24) is 20.2 Å². The number of hydrogen-bond acceptors (Lipinski definition) is 4. The number of aromatic nitrogens is 2. The maximum Gasteiger partial charge on any atom is 0.251 e. The summed E-state index contributed by atoms with van der Waals surface area (Å²) in [5.41, 5.74) is 1.70. The summed E-state index contributed by atoms with van der Waals surface area (Å²) in [4.78, 5) is 22.3. The monoisotopic (exact) mass is 356 g/mol. The first-order chi connectivity index (χ1) is 12.7. The third-order valence-electron chi connectivity index (χ3n) is 4.86. The van der Waals surface area contributed by atoms with Crippen LogP contribution in [0, 0.1) is 0 Å². The zero-order valence-corrected chi connectivity index (χ0v) is 15.3. The van der Waals surface area contributed by atoms with Gasteiger partial charge in [0.15, 0.2) is 0 Å². The van der Waals surface area contributed by atoms with Crippen LogP contribution in [0.2, 0.25) is 0 Å². The molecule has 6 heteroatoms. The summed E-state index contributed by atoms with van der Waals surface area (Å²) in [7, 11) is 0.